The van der Waals surface area contributed by atoms with Gasteiger partial charge in [0.05, 0.1) is 18.3 Å². The second-order valence-corrected chi connectivity index (χ2v) is 8.66. The highest BCUT2D eigenvalue weighted by atomic mass is 19.1. The SMILES string of the molecule is CC(c1ccc(-c2ccc(F)cc2F)cc1)N1CCC(CC(O)CO)(c2ccccc2)OC1. The Hall–Kier alpha value is -2.64. The molecule has 0 amide bonds. The van der Waals surface area contributed by atoms with E-state index in [4.69, 9.17) is 4.74 Å². The highest BCUT2D eigenvalue weighted by Crippen LogP contribution is 2.39. The molecular weight excluding hydrogens is 424 g/mol. The van der Waals surface area contributed by atoms with Gasteiger partial charge >= 0.3 is 0 Å². The van der Waals surface area contributed by atoms with E-state index in [1.54, 1.807) is 0 Å². The minimum atomic E-state index is -0.853. The van der Waals surface area contributed by atoms with E-state index in [2.05, 4.69) is 11.8 Å². The van der Waals surface area contributed by atoms with Gasteiger partial charge in [0.1, 0.15) is 18.4 Å². The first-order chi connectivity index (χ1) is 15.9. The Morgan fingerprint density at radius 2 is 1.76 bits per heavy atom. The Morgan fingerprint density at radius 3 is 2.36 bits per heavy atom. The summed E-state index contributed by atoms with van der Waals surface area (Å²) < 4.78 is 33.7. The molecule has 1 fully saturated rings. The number of hydrogen-bond acceptors (Lipinski definition) is 4. The second kappa shape index (κ2) is 10.1. The maximum Gasteiger partial charge on any atom is 0.133 e. The zero-order valence-electron chi connectivity index (χ0n) is 18.6. The number of aliphatic hydroxyl groups is 2. The van der Waals surface area contributed by atoms with Crippen LogP contribution in [0.2, 0.25) is 0 Å². The maximum atomic E-state index is 14.1. The highest BCUT2D eigenvalue weighted by molar-refractivity contribution is 5.64. The molecule has 3 aromatic carbocycles. The Bertz CT molecular complexity index is 1050. The van der Waals surface area contributed by atoms with E-state index in [9.17, 15) is 19.0 Å². The number of rotatable bonds is 7. The van der Waals surface area contributed by atoms with Crippen molar-refractivity contribution in [3.63, 3.8) is 0 Å². The molecular formula is C27H29F2NO3. The summed E-state index contributed by atoms with van der Waals surface area (Å²) in [5.74, 6) is -1.17. The minimum absolute atomic E-state index is 0.0636. The molecule has 1 aliphatic heterocycles. The minimum Gasteiger partial charge on any atom is -0.394 e. The lowest BCUT2D eigenvalue weighted by Gasteiger charge is -2.45. The lowest BCUT2D eigenvalue weighted by Crippen LogP contribution is -2.47. The molecule has 1 aliphatic rings. The Balaban J connectivity index is 1.47. The number of hydrogen-bond donors (Lipinski definition) is 2. The molecule has 33 heavy (non-hydrogen) atoms. The van der Waals surface area contributed by atoms with Gasteiger partial charge in [-0.2, -0.15) is 0 Å². The number of halogens is 2. The predicted octanol–water partition coefficient (Wildman–Crippen LogP) is 5.01. The number of aliphatic hydroxyl groups excluding tert-OH is 2. The van der Waals surface area contributed by atoms with Crippen LogP contribution < -0.4 is 0 Å². The van der Waals surface area contributed by atoms with Crippen LogP contribution in [-0.2, 0) is 10.3 Å². The van der Waals surface area contributed by atoms with E-state index in [-0.39, 0.29) is 12.6 Å². The van der Waals surface area contributed by atoms with Crippen molar-refractivity contribution in [2.24, 2.45) is 0 Å². The van der Waals surface area contributed by atoms with E-state index in [1.807, 2.05) is 54.6 Å². The molecule has 3 aromatic rings. The van der Waals surface area contributed by atoms with E-state index < -0.39 is 23.3 Å². The normalized spacial score (nSPS) is 21.0. The van der Waals surface area contributed by atoms with Crippen LogP contribution >= 0.6 is 0 Å². The molecule has 3 atom stereocenters. The largest absolute Gasteiger partial charge is 0.394 e. The summed E-state index contributed by atoms with van der Waals surface area (Å²) in [5.41, 5.74) is 2.47. The topological polar surface area (TPSA) is 52.9 Å². The van der Waals surface area contributed by atoms with Crippen molar-refractivity contribution in [3.05, 3.63) is 95.6 Å². The van der Waals surface area contributed by atoms with Crippen LogP contribution in [0.15, 0.2) is 72.8 Å². The van der Waals surface area contributed by atoms with Gasteiger partial charge in [-0.25, -0.2) is 8.78 Å². The lowest BCUT2D eigenvalue weighted by atomic mass is 9.83. The summed E-state index contributed by atoms with van der Waals surface area (Å²) in [6.07, 6.45) is 0.152. The first-order valence-electron chi connectivity index (χ1n) is 11.2. The number of ether oxygens (including phenoxy) is 1. The molecule has 4 rings (SSSR count). The fraction of sp³-hybridized carbons (Fsp3) is 0.333. The maximum absolute atomic E-state index is 14.1. The molecule has 1 saturated heterocycles. The molecule has 3 unspecified atom stereocenters. The molecule has 4 nitrogen and oxygen atoms in total. The molecule has 1 heterocycles. The van der Waals surface area contributed by atoms with Crippen molar-refractivity contribution in [1.82, 2.24) is 4.90 Å². The summed E-state index contributed by atoms with van der Waals surface area (Å²) in [5, 5.41) is 19.5. The summed E-state index contributed by atoms with van der Waals surface area (Å²) in [6, 6.07) is 21.1. The van der Waals surface area contributed by atoms with Gasteiger partial charge in [0.25, 0.3) is 0 Å². The first-order valence-corrected chi connectivity index (χ1v) is 11.2. The molecule has 0 aromatic heterocycles. The fourth-order valence-corrected chi connectivity index (χ4v) is 4.54. The van der Waals surface area contributed by atoms with E-state index >= 15 is 0 Å². The number of nitrogens with zero attached hydrogens (tertiary/aromatic N) is 1. The fourth-order valence-electron chi connectivity index (χ4n) is 4.54. The molecule has 0 saturated carbocycles. The van der Waals surface area contributed by atoms with Crippen molar-refractivity contribution in [1.29, 1.82) is 0 Å². The monoisotopic (exact) mass is 453 g/mol. The van der Waals surface area contributed by atoms with Crippen LogP contribution in [0.3, 0.4) is 0 Å². The third-order valence-corrected chi connectivity index (χ3v) is 6.57. The molecule has 0 aliphatic carbocycles. The van der Waals surface area contributed by atoms with Crippen molar-refractivity contribution in [2.75, 3.05) is 19.9 Å². The van der Waals surface area contributed by atoms with Gasteiger partial charge < -0.3 is 14.9 Å². The summed E-state index contributed by atoms with van der Waals surface area (Å²) in [4.78, 5) is 2.21. The molecule has 0 bridgehead atoms. The molecule has 6 heteroatoms. The lowest BCUT2D eigenvalue weighted by molar-refractivity contribution is -0.170. The van der Waals surface area contributed by atoms with Crippen LogP contribution in [0.4, 0.5) is 8.78 Å². The Labute approximate surface area is 193 Å². The van der Waals surface area contributed by atoms with E-state index in [0.717, 1.165) is 23.7 Å². The van der Waals surface area contributed by atoms with Gasteiger partial charge in [-0.05, 0) is 42.2 Å². The van der Waals surface area contributed by atoms with E-state index in [1.165, 1.54) is 12.1 Å². The standard InChI is InChI=1S/C27H29F2NO3/c1-19(20-7-9-21(10-8-20)25-12-11-23(28)15-26(25)29)30-14-13-27(33-18-30,16-24(32)17-31)22-5-3-2-4-6-22/h2-12,15,19,24,31-32H,13-14,16-18H2,1H3. The molecule has 174 valence electrons. The third kappa shape index (κ3) is 5.14. The van der Waals surface area contributed by atoms with Crippen LogP contribution in [0, 0.1) is 11.6 Å². The Kier molecular flexibility index (Phi) is 7.20. The van der Waals surface area contributed by atoms with Crippen molar-refractivity contribution in [3.8, 4) is 11.1 Å². The van der Waals surface area contributed by atoms with Crippen molar-refractivity contribution < 1.29 is 23.7 Å². The predicted molar refractivity (Wildman–Crippen MR) is 123 cm³/mol. The number of benzene rings is 3. The first kappa shape index (κ1) is 23.5. The van der Waals surface area contributed by atoms with Crippen LogP contribution in [0.1, 0.15) is 36.9 Å². The third-order valence-electron chi connectivity index (χ3n) is 6.57. The van der Waals surface area contributed by atoms with Crippen LogP contribution in [0.25, 0.3) is 11.1 Å². The average molecular weight is 454 g/mol. The summed E-state index contributed by atoms with van der Waals surface area (Å²) in [7, 11) is 0. The molecule has 2 N–H and O–H groups in total. The molecule has 0 spiro atoms. The van der Waals surface area contributed by atoms with Crippen molar-refractivity contribution >= 4 is 0 Å². The van der Waals surface area contributed by atoms with Gasteiger partial charge in [0, 0.05) is 30.6 Å². The molecule has 0 radical (unpaired) electrons. The van der Waals surface area contributed by atoms with Crippen molar-refractivity contribution in [2.45, 2.75) is 37.5 Å². The quantitative estimate of drug-likeness (QED) is 0.528. The van der Waals surface area contributed by atoms with Gasteiger partial charge in [-0.3, -0.25) is 4.90 Å². The van der Waals surface area contributed by atoms with Crippen LogP contribution in [0.5, 0.6) is 0 Å². The van der Waals surface area contributed by atoms with Gasteiger partial charge in [0.15, 0.2) is 0 Å². The zero-order valence-corrected chi connectivity index (χ0v) is 18.6. The zero-order chi connectivity index (χ0) is 23.4. The highest BCUT2D eigenvalue weighted by Gasteiger charge is 2.40. The van der Waals surface area contributed by atoms with E-state index in [0.29, 0.717) is 30.7 Å². The summed E-state index contributed by atoms with van der Waals surface area (Å²) in [6.45, 7) is 2.92. The average Bonchev–Trinajstić information content (AvgIpc) is 2.85. The summed E-state index contributed by atoms with van der Waals surface area (Å²) >= 11 is 0. The van der Waals surface area contributed by atoms with Gasteiger partial charge in [0.2, 0.25) is 0 Å². The Morgan fingerprint density at radius 1 is 1.03 bits per heavy atom. The van der Waals surface area contributed by atoms with Crippen LogP contribution in [-0.4, -0.2) is 41.1 Å². The smallest absolute Gasteiger partial charge is 0.133 e. The van der Waals surface area contributed by atoms with Gasteiger partial charge in [-0.15, -0.1) is 0 Å². The second-order valence-electron chi connectivity index (χ2n) is 8.66. The van der Waals surface area contributed by atoms with Gasteiger partial charge in [-0.1, -0.05) is 54.6 Å².